The van der Waals surface area contributed by atoms with Crippen LogP contribution in [0.25, 0.3) is 10.9 Å². The molecule has 3 aromatic rings. The Morgan fingerprint density at radius 2 is 2.12 bits per heavy atom. The molecule has 0 saturated heterocycles. The first-order chi connectivity index (χ1) is 7.83. The Morgan fingerprint density at radius 3 is 2.94 bits per heavy atom. The van der Waals surface area contributed by atoms with Gasteiger partial charge in [0, 0.05) is 24.0 Å². The van der Waals surface area contributed by atoms with Gasteiger partial charge in [0.05, 0.1) is 6.42 Å². The molecule has 80 valence electrons. The lowest BCUT2D eigenvalue weighted by Gasteiger charge is -1.93. The van der Waals surface area contributed by atoms with Crippen molar-refractivity contribution in [1.29, 1.82) is 0 Å². The van der Waals surface area contributed by atoms with Gasteiger partial charge in [-0.15, -0.1) is 10.2 Å². The monoisotopic (exact) mass is 213 g/mol. The predicted molar refractivity (Wildman–Crippen MR) is 60.1 cm³/mol. The molecule has 0 saturated carbocycles. The van der Waals surface area contributed by atoms with Gasteiger partial charge in [-0.1, -0.05) is 18.2 Å². The number of hydrogen-bond donors (Lipinski definition) is 1. The van der Waals surface area contributed by atoms with Crippen LogP contribution in [0, 0.1) is 6.92 Å². The van der Waals surface area contributed by atoms with E-state index in [0.717, 1.165) is 5.52 Å². The highest BCUT2D eigenvalue weighted by Gasteiger charge is 2.08. The maximum Gasteiger partial charge on any atom is 0.220 e. The molecule has 0 radical (unpaired) electrons. The van der Waals surface area contributed by atoms with Crippen LogP contribution in [0.4, 0.5) is 0 Å². The van der Waals surface area contributed by atoms with Crippen LogP contribution < -0.4 is 0 Å². The second-order valence-corrected chi connectivity index (χ2v) is 3.75. The number of para-hydroxylation sites is 1. The molecule has 0 aliphatic carbocycles. The Hall–Kier alpha value is -2.10. The van der Waals surface area contributed by atoms with E-state index in [1.165, 1.54) is 10.9 Å². The van der Waals surface area contributed by atoms with E-state index in [1.54, 1.807) is 6.92 Å². The van der Waals surface area contributed by atoms with Gasteiger partial charge >= 0.3 is 0 Å². The first-order valence-electron chi connectivity index (χ1n) is 5.17. The zero-order valence-electron chi connectivity index (χ0n) is 8.90. The van der Waals surface area contributed by atoms with Crippen molar-refractivity contribution in [3.63, 3.8) is 0 Å². The molecule has 0 bridgehead atoms. The first kappa shape index (κ1) is 9.15. The highest BCUT2D eigenvalue weighted by molar-refractivity contribution is 5.83. The van der Waals surface area contributed by atoms with Crippen molar-refractivity contribution in [2.24, 2.45) is 0 Å². The number of nitrogens with zero attached hydrogens (tertiary/aromatic N) is 2. The number of aryl methyl sites for hydroxylation is 1. The molecule has 0 atom stereocenters. The lowest BCUT2D eigenvalue weighted by molar-refractivity contribution is 0.477. The molecule has 1 N–H and O–H groups in total. The minimum absolute atomic E-state index is 0.606. The smallest absolute Gasteiger partial charge is 0.220 e. The van der Waals surface area contributed by atoms with E-state index in [9.17, 15) is 0 Å². The van der Waals surface area contributed by atoms with E-state index in [4.69, 9.17) is 4.42 Å². The van der Waals surface area contributed by atoms with Gasteiger partial charge in [0.15, 0.2) is 0 Å². The van der Waals surface area contributed by atoms with Crippen LogP contribution in [0.1, 0.15) is 17.3 Å². The fraction of sp³-hybridized carbons (Fsp3) is 0.167. The summed E-state index contributed by atoms with van der Waals surface area (Å²) in [5.74, 6) is 1.26. The van der Waals surface area contributed by atoms with E-state index in [2.05, 4.69) is 27.3 Å². The molecule has 0 aliphatic rings. The summed E-state index contributed by atoms with van der Waals surface area (Å²) in [4.78, 5) is 3.23. The van der Waals surface area contributed by atoms with Gasteiger partial charge in [0.25, 0.3) is 0 Å². The van der Waals surface area contributed by atoms with Gasteiger partial charge in [-0.2, -0.15) is 0 Å². The van der Waals surface area contributed by atoms with E-state index < -0.39 is 0 Å². The molecule has 4 heteroatoms. The molecule has 4 nitrogen and oxygen atoms in total. The minimum Gasteiger partial charge on any atom is -0.425 e. The number of fused-ring (bicyclic) bond motifs is 1. The Bertz CT molecular complexity index is 624. The number of aromatic nitrogens is 3. The summed E-state index contributed by atoms with van der Waals surface area (Å²) >= 11 is 0. The molecule has 0 amide bonds. The summed E-state index contributed by atoms with van der Waals surface area (Å²) in [6.07, 6.45) is 2.66. The average molecular weight is 213 g/mol. The second kappa shape index (κ2) is 3.48. The molecule has 0 spiro atoms. The van der Waals surface area contributed by atoms with Gasteiger partial charge in [0.1, 0.15) is 0 Å². The number of rotatable bonds is 2. The quantitative estimate of drug-likeness (QED) is 0.711. The van der Waals surface area contributed by atoms with Gasteiger partial charge in [-0.05, 0) is 11.6 Å². The third-order valence-electron chi connectivity index (χ3n) is 2.58. The summed E-state index contributed by atoms with van der Waals surface area (Å²) in [6, 6.07) is 8.18. The van der Waals surface area contributed by atoms with Crippen molar-refractivity contribution in [3.8, 4) is 0 Å². The topological polar surface area (TPSA) is 54.7 Å². The molecule has 2 aromatic heterocycles. The number of H-pyrrole nitrogens is 1. The Labute approximate surface area is 92.3 Å². The average Bonchev–Trinajstić information content (AvgIpc) is 2.87. The zero-order valence-corrected chi connectivity index (χ0v) is 8.90. The molecular weight excluding hydrogens is 202 g/mol. The SMILES string of the molecule is Cc1nnc(Cc2c[nH]c3ccccc23)o1. The van der Waals surface area contributed by atoms with Crippen LogP contribution in [0.3, 0.4) is 0 Å². The highest BCUT2D eigenvalue weighted by atomic mass is 16.4. The van der Waals surface area contributed by atoms with Crippen LogP contribution in [0.15, 0.2) is 34.9 Å². The molecule has 3 rings (SSSR count). The first-order valence-corrected chi connectivity index (χ1v) is 5.17. The largest absolute Gasteiger partial charge is 0.425 e. The molecule has 16 heavy (non-hydrogen) atoms. The summed E-state index contributed by atoms with van der Waals surface area (Å²) in [7, 11) is 0. The number of aromatic amines is 1. The lowest BCUT2D eigenvalue weighted by Crippen LogP contribution is -1.86. The standard InChI is InChI=1S/C12H11N3O/c1-8-14-15-12(16-8)6-9-7-13-11-5-3-2-4-10(9)11/h2-5,7,13H,6H2,1H3. The van der Waals surface area contributed by atoms with Crippen molar-refractivity contribution < 1.29 is 4.42 Å². The minimum atomic E-state index is 0.606. The van der Waals surface area contributed by atoms with Crippen LogP contribution in [-0.4, -0.2) is 15.2 Å². The van der Waals surface area contributed by atoms with Gasteiger partial charge in [-0.3, -0.25) is 0 Å². The van der Waals surface area contributed by atoms with Crippen LogP contribution in [-0.2, 0) is 6.42 Å². The number of benzene rings is 1. The number of nitrogens with one attached hydrogen (secondary N) is 1. The second-order valence-electron chi connectivity index (χ2n) is 3.75. The molecule has 0 unspecified atom stereocenters. The van der Waals surface area contributed by atoms with Crippen LogP contribution in [0.5, 0.6) is 0 Å². The van der Waals surface area contributed by atoms with E-state index in [1.807, 2.05) is 18.3 Å². The highest BCUT2D eigenvalue weighted by Crippen LogP contribution is 2.20. The Balaban J connectivity index is 2.00. The van der Waals surface area contributed by atoms with Crippen molar-refractivity contribution >= 4 is 10.9 Å². The van der Waals surface area contributed by atoms with Gasteiger partial charge in [-0.25, -0.2) is 0 Å². The Kier molecular flexibility index (Phi) is 1.99. The Morgan fingerprint density at radius 1 is 1.25 bits per heavy atom. The van der Waals surface area contributed by atoms with Gasteiger partial charge in [0.2, 0.25) is 11.8 Å². The fourth-order valence-electron chi connectivity index (χ4n) is 1.85. The summed E-state index contributed by atoms with van der Waals surface area (Å²) < 4.78 is 5.37. The fourth-order valence-corrected chi connectivity index (χ4v) is 1.85. The van der Waals surface area contributed by atoms with Crippen LogP contribution >= 0.6 is 0 Å². The molecule has 0 aliphatic heterocycles. The number of hydrogen-bond acceptors (Lipinski definition) is 3. The third kappa shape index (κ3) is 1.48. The van der Waals surface area contributed by atoms with E-state index in [-0.39, 0.29) is 0 Å². The van der Waals surface area contributed by atoms with E-state index in [0.29, 0.717) is 18.2 Å². The molecule has 0 fully saturated rings. The predicted octanol–water partition coefficient (Wildman–Crippen LogP) is 2.45. The van der Waals surface area contributed by atoms with Crippen LogP contribution in [0.2, 0.25) is 0 Å². The summed E-state index contributed by atoms with van der Waals surface area (Å²) in [5, 5.41) is 9.02. The maximum absolute atomic E-state index is 5.37. The zero-order chi connectivity index (χ0) is 11.0. The van der Waals surface area contributed by atoms with Crippen molar-refractivity contribution in [2.75, 3.05) is 0 Å². The lowest BCUT2D eigenvalue weighted by atomic mass is 10.1. The molecule has 2 heterocycles. The molecular formula is C12H11N3O. The summed E-state index contributed by atoms with van der Waals surface area (Å²) in [5.41, 5.74) is 2.31. The van der Waals surface area contributed by atoms with Crippen molar-refractivity contribution in [2.45, 2.75) is 13.3 Å². The molecule has 1 aromatic carbocycles. The van der Waals surface area contributed by atoms with Crippen molar-refractivity contribution in [1.82, 2.24) is 15.2 Å². The summed E-state index contributed by atoms with van der Waals surface area (Å²) in [6.45, 7) is 1.80. The van der Waals surface area contributed by atoms with E-state index >= 15 is 0 Å². The van der Waals surface area contributed by atoms with Crippen molar-refractivity contribution in [3.05, 3.63) is 47.8 Å². The normalized spacial score (nSPS) is 11.1. The third-order valence-corrected chi connectivity index (χ3v) is 2.58. The van der Waals surface area contributed by atoms with Gasteiger partial charge < -0.3 is 9.40 Å². The maximum atomic E-state index is 5.37.